The fraction of sp³-hybridized carbons (Fsp3) is 0.417. The molecule has 2 aliphatic rings. The first-order chi connectivity index (χ1) is 15.1. The molecule has 31 heavy (non-hydrogen) atoms. The number of likely N-dealkylation sites (tertiary alicyclic amines) is 1. The maximum Gasteiger partial charge on any atom is 0.256 e. The van der Waals surface area contributed by atoms with E-state index in [1.54, 1.807) is 29.2 Å². The van der Waals surface area contributed by atoms with Gasteiger partial charge in [0.2, 0.25) is 5.91 Å². The minimum atomic E-state index is -0.191. The van der Waals surface area contributed by atoms with Crippen molar-refractivity contribution in [3.8, 4) is 0 Å². The quantitative estimate of drug-likeness (QED) is 0.800. The minimum Gasteiger partial charge on any atom is -0.378 e. The molecular formula is C24H28FN3O3. The molecular weight excluding hydrogens is 397 g/mol. The predicted molar refractivity (Wildman–Crippen MR) is 116 cm³/mol. The molecule has 0 aliphatic carbocycles. The fourth-order valence-corrected chi connectivity index (χ4v) is 4.17. The number of halogens is 1. The average Bonchev–Trinajstić information content (AvgIpc) is 2.81. The molecule has 2 aromatic carbocycles. The van der Waals surface area contributed by atoms with Gasteiger partial charge in [-0.3, -0.25) is 14.5 Å². The van der Waals surface area contributed by atoms with Gasteiger partial charge in [-0.25, -0.2) is 4.39 Å². The van der Waals surface area contributed by atoms with Crippen molar-refractivity contribution in [3.05, 3.63) is 65.5 Å². The number of amides is 2. The van der Waals surface area contributed by atoms with Crippen molar-refractivity contribution in [1.82, 2.24) is 9.80 Å². The number of anilines is 1. The van der Waals surface area contributed by atoms with Gasteiger partial charge < -0.3 is 15.0 Å². The van der Waals surface area contributed by atoms with Crippen LogP contribution >= 0.6 is 0 Å². The molecule has 0 spiro atoms. The van der Waals surface area contributed by atoms with Gasteiger partial charge in [0.25, 0.3) is 5.91 Å². The van der Waals surface area contributed by atoms with Crippen molar-refractivity contribution in [2.24, 2.45) is 5.92 Å². The zero-order valence-corrected chi connectivity index (χ0v) is 17.6. The Morgan fingerprint density at radius 1 is 0.968 bits per heavy atom. The second-order valence-electron chi connectivity index (χ2n) is 8.08. The normalized spacial score (nSPS) is 18.0. The van der Waals surface area contributed by atoms with Crippen molar-refractivity contribution in [1.29, 1.82) is 0 Å². The van der Waals surface area contributed by atoms with Gasteiger partial charge >= 0.3 is 0 Å². The highest BCUT2D eigenvalue weighted by atomic mass is 19.1. The maximum atomic E-state index is 13.9. The Morgan fingerprint density at radius 3 is 2.39 bits per heavy atom. The summed E-state index contributed by atoms with van der Waals surface area (Å²) < 4.78 is 19.2. The summed E-state index contributed by atoms with van der Waals surface area (Å²) in [6.07, 6.45) is 1.42. The summed E-state index contributed by atoms with van der Waals surface area (Å²) in [4.78, 5) is 29.7. The van der Waals surface area contributed by atoms with Crippen LogP contribution in [0.1, 0.15) is 28.8 Å². The van der Waals surface area contributed by atoms with Gasteiger partial charge in [0, 0.05) is 31.1 Å². The van der Waals surface area contributed by atoms with Gasteiger partial charge in [-0.05, 0) is 44.1 Å². The number of piperidine rings is 1. The minimum absolute atomic E-state index is 0.0623. The fourth-order valence-electron chi connectivity index (χ4n) is 4.17. The van der Waals surface area contributed by atoms with E-state index in [1.807, 2.05) is 18.2 Å². The third-order valence-electron chi connectivity index (χ3n) is 6.02. The van der Waals surface area contributed by atoms with Crippen LogP contribution in [0, 0.1) is 11.7 Å². The van der Waals surface area contributed by atoms with Crippen LogP contribution in [0.25, 0.3) is 0 Å². The highest BCUT2D eigenvalue weighted by Gasteiger charge is 2.27. The number of benzene rings is 2. The summed E-state index contributed by atoms with van der Waals surface area (Å²) in [7, 11) is 0. The number of nitrogens with zero attached hydrogens (tertiary/aromatic N) is 2. The molecule has 2 amide bonds. The summed E-state index contributed by atoms with van der Waals surface area (Å²) in [6.45, 7) is 4.21. The molecule has 0 saturated carbocycles. The Labute approximate surface area is 182 Å². The summed E-state index contributed by atoms with van der Waals surface area (Å²) in [6, 6.07) is 14.0. The van der Waals surface area contributed by atoms with E-state index < -0.39 is 0 Å². The highest BCUT2D eigenvalue weighted by molar-refractivity contribution is 6.04. The number of nitrogens with one attached hydrogen (secondary N) is 1. The molecule has 0 radical (unpaired) electrons. The van der Waals surface area contributed by atoms with Gasteiger partial charge in [-0.2, -0.15) is 0 Å². The highest BCUT2D eigenvalue weighted by Crippen LogP contribution is 2.24. The lowest BCUT2D eigenvalue weighted by atomic mass is 9.95. The first-order valence-corrected chi connectivity index (χ1v) is 10.8. The molecule has 2 fully saturated rings. The first-order valence-electron chi connectivity index (χ1n) is 10.8. The largest absolute Gasteiger partial charge is 0.378 e. The van der Waals surface area contributed by atoms with E-state index in [0.29, 0.717) is 62.5 Å². The molecule has 2 heterocycles. The Hall–Kier alpha value is -2.77. The van der Waals surface area contributed by atoms with Crippen LogP contribution in [0.2, 0.25) is 0 Å². The number of para-hydroxylation sites is 1. The van der Waals surface area contributed by atoms with Crippen molar-refractivity contribution >= 4 is 17.5 Å². The van der Waals surface area contributed by atoms with Gasteiger partial charge in [-0.15, -0.1) is 0 Å². The van der Waals surface area contributed by atoms with Crippen molar-refractivity contribution in [2.75, 3.05) is 44.7 Å². The van der Waals surface area contributed by atoms with Gasteiger partial charge in [0.1, 0.15) is 5.82 Å². The molecule has 6 nitrogen and oxygen atoms in total. The molecule has 2 saturated heterocycles. The number of carbonyl (C=O) groups is 2. The predicted octanol–water partition coefficient (Wildman–Crippen LogP) is 3.15. The van der Waals surface area contributed by atoms with Crippen LogP contribution < -0.4 is 5.32 Å². The van der Waals surface area contributed by atoms with Crippen LogP contribution in [0.5, 0.6) is 0 Å². The molecule has 0 aromatic heterocycles. The van der Waals surface area contributed by atoms with Gasteiger partial charge in [-0.1, -0.05) is 30.3 Å². The molecule has 0 bridgehead atoms. The van der Waals surface area contributed by atoms with E-state index >= 15 is 0 Å². The smallest absolute Gasteiger partial charge is 0.256 e. The lowest BCUT2D eigenvalue weighted by molar-refractivity contribution is -0.121. The molecule has 0 unspecified atom stereocenters. The van der Waals surface area contributed by atoms with E-state index in [1.165, 1.54) is 6.07 Å². The van der Waals surface area contributed by atoms with Crippen molar-refractivity contribution in [3.63, 3.8) is 0 Å². The van der Waals surface area contributed by atoms with Crippen LogP contribution in [0.3, 0.4) is 0 Å². The Bertz CT molecular complexity index is 922. The third-order valence-corrected chi connectivity index (χ3v) is 6.02. The SMILES string of the molecule is O=C(Nc1ccccc1C(=O)N1CCOCC1)C1CCN(Cc2ccccc2F)CC1. The summed E-state index contributed by atoms with van der Waals surface area (Å²) in [5.41, 5.74) is 1.74. The summed E-state index contributed by atoms with van der Waals surface area (Å²) in [5, 5.41) is 2.98. The molecule has 1 N–H and O–H groups in total. The van der Waals surface area contributed by atoms with E-state index in [9.17, 15) is 14.0 Å². The van der Waals surface area contributed by atoms with Crippen LogP contribution in [-0.2, 0) is 16.1 Å². The van der Waals surface area contributed by atoms with E-state index in [2.05, 4.69) is 10.2 Å². The lowest BCUT2D eigenvalue weighted by Gasteiger charge is -2.31. The first kappa shape index (κ1) is 21.5. The van der Waals surface area contributed by atoms with Gasteiger partial charge in [0.15, 0.2) is 0 Å². The molecule has 2 aliphatic heterocycles. The zero-order chi connectivity index (χ0) is 21.6. The maximum absolute atomic E-state index is 13.9. The number of carbonyl (C=O) groups excluding carboxylic acids is 2. The average molecular weight is 426 g/mol. The monoisotopic (exact) mass is 425 g/mol. The number of hydrogen-bond acceptors (Lipinski definition) is 4. The topological polar surface area (TPSA) is 61.9 Å². The number of hydrogen-bond donors (Lipinski definition) is 1. The summed E-state index contributed by atoms with van der Waals surface area (Å²) in [5.74, 6) is -0.459. The number of morpholine rings is 1. The molecule has 0 atom stereocenters. The molecule has 2 aromatic rings. The van der Waals surface area contributed by atoms with Gasteiger partial charge in [0.05, 0.1) is 24.5 Å². The van der Waals surface area contributed by atoms with Crippen molar-refractivity contribution in [2.45, 2.75) is 19.4 Å². The Morgan fingerprint density at radius 2 is 1.65 bits per heavy atom. The third kappa shape index (κ3) is 5.29. The number of rotatable bonds is 5. The summed E-state index contributed by atoms with van der Waals surface area (Å²) >= 11 is 0. The van der Waals surface area contributed by atoms with Crippen LogP contribution in [0.4, 0.5) is 10.1 Å². The Balaban J connectivity index is 1.34. The van der Waals surface area contributed by atoms with E-state index in [0.717, 1.165) is 13.1 Å². The standard InChI is InChI=1S/C24H28FN3O3/c25-21-7-3-1-5-19(21)17-27-11-9-18(10-12-27)23(29)26-22-8-4-2-6-20(22)24(30)28-13-15-31-16-14-28/h1-8,18H,9-17H2,(H,26,29). The zero-order valence-electron chi connectivity index (χ0n) is 17.6. The number of ether oxygens (including phenoxy) is 1. The second kappa shape index (κ2) is 10.0. The Kier molecular flexibility index (Phi) is 6.94. The van der Waals surface area contributed by atoms with E-state index in [4.69, 9.17) is 4.74 Å². The second-order valence-corrected chi connectivity index (χ2v) is 8.08. The molecule has 4 rings (SSSR count). The lowest BCUT2D eigenvalue weighted by Crippen LogP contribution is -2.41. The molecule has 164 valence electrons. The molecule has 7 heteroatoms. The van der Waals surface area contributed by atoms with Crippen LogP contribution in [-0.4, -0.2) is 61.0 Å². The van der Waals surface area contributed by atoms with Crippen LogP contribution in [0.15, 0.2) is 48.5 Å². The van der Waals surface area contributed by atoms with E-state index in [-0.39, 0.29) is 23.5 Å². The van der Waals surface area contributed by atoms with Crippen molar-refractivity contribution < 1.29 is 18.7 Å².